The molecule has 16 heteroatoms. The van der Waals surface area contributed by atoms with Gasteiger partial charge >= 0.3 is 12.1 Å². The highest BCUT2D eigenvalue weighted by Gasteiger charge is 2.58. The molecule has 2 aromatic rings. The molecule has 3 fully saturated rings. The van der Waals surface area contributed by atoms with Gasteiger partial charge in [0.15, 0.2) is 11.9 Å². The molecule has 3 unspecified atom stereocenters. The number of Topliss-reactive ketones (excluding diaryl/α,β-unsaturated/α-hetero) is 1. The number of carbonyl (C=O) groups excluding carboxylic acids is 3. The van der Waals surface area contributed by atoms with E-state index in [0.717, 1.165) is 17.7 Å². The molecule has 1 aromatic heterocycles. The van der Waals surface area contributed by atoms with Crippen molar-refractivity contribution < 1.29 is 43.2 Å². The third-order valence-electron chi connectivity index (χ3n) is 12.4. The van der Waals surface area contributed by atoms with Gasteiger partial charge < -0.3 is 44.7 Å². The average Bonchev–Trinajstić information content (AvgIpc) is 3.75. The first-order valence-electron chi connectivity index (χ1n) is 20.8. The van der Waals surface area contributed by atoms with Crippen molar-refractivity contribution in [1.29, 1.82) is 0 Å². The lowest BCUT2D eigenvalue weighted by atomic mass is 9.80. The van der Waals surface area contributed by atoms with Crippen LogP contribution in [0.25, 0.3) is 11.3 Å². The lowest BCUT2D eigenvalue weighted by Crippen LogP contribution is -2.60. The number of esters is 1. The summed E-state index contributed by atoms with van der Waals surface area (Å²) in [5.74, 6) is -1.96. The van der Waals surface area contributed by atoms with Crippen LogP contribution in [0.15, 0.2) is 30.5 Å². The number of carbonyl (C=O) groups is 3. The fourth-order valence-electron chi connectivity index (χ4n) is 9.22. The molecule has 5 rings (SSSR count). The van der Waals surface area contributed by atoms with Gasteiger partial charge in [-0.1, -0.05) is 38.1 Å². The summed E-state index contributed by atoms with van der Waals surface area (Å²) in [5.41, 5.74) is 5.97. The van der Waals surface area contributed by atoms with Gasteiger partial charge in [0.25, 0.3) is 0 Å². The van der Waals surface area contributed by atoms with Crippen molar-refractivity contribution in [3.8, 4) is 11.3 Å². The fourth-order valence-corrected chi connectivity index (χ4v) is 9.22. The summed E-state index contributed by atoms with van der Waals surface area (Å²) in [4.78, 5) is 45.2. The minimum absolute atomic E-state index is 0.00550. The molecule has 58 heavy (non-hydrogen) atoms. The normalized spacial score (nSPS) is 35.6. The van der Waals surface area contributed by atoms with Crippen LogP contribution >= 0.6 is 0 Å². The maximum Gasteiger partial charge on any atom is 0.410 e. The molecule has 4 heterocycles. The molecule has 1 aromatic carbocycles. The Balaban J connectivity index is 1.35. The second-order valence-corrected chi connectivity index (χ2v) is 17.4. The summed E-state index contributed by atoms with van der Waals surface area (Å²) in [6.45, 7) is 14.9. The zero-order valence-corrected chi connectivity index (χ0v) is 36.1. The molecule has 3 aliphatic heterocycles. The molecule has 0 radical (unpaired) electrons. The van der Waals surface area contributed by atoms with E-state index in [1.54, 1.807) is 23.6 Å². The Morgan fingerprint density at radius 3 is 2.50 bits per heavy atom. The summed E-state index contributed by atoms with van der Waals surface area (Å²) in [6, 6.07) is 6.47. The van der Waals surface area contributed by atoms with Crippen LogP contribution in [0.2, 0.25) is 0 Å². The molecule has 324 valence electrons. The third kappa shape index (κ3) is 10.2. The van der Waals surface area contributed by atoms with E-state index in [4.69, 9.17) is 29.4 Å². The Morgan fingerprint density at radius 1 is 1.10 bits per heavy atom. The molecule has 4 N–H and O–H groups in total. The van der Waals surface area contributed by atoms with Crippen LogP contribution in [-0.2, 0) is 39.8 Å². The number of nitrogens with two attached hydrogens (primary N) is 1. The molecule has 0 bridgehead atoms. The van der Waals surface area contributed by atoms with Crippen molar-refractivity contribution in [3.05, 3.63) is 30.5 Å². The Labute approximate surface area is 343 Å². The maximum atomic E-state index is 14.0. The second kappa shape index (κ2) is 19.1. The summed E-state index contributed by atoms with van der Waals surface area (Å²) >= 11 is 0. The summed E-state index contributed by atoms with van der Waals surface area (Å²) < 4.78 is 33.0. The van der Waals surface area contributed by atoms with Gasteiger partial charge in [-0.2, -0.15) is 0 Å². The Kier molecular flexibility index (Phi) is 15.0. The predicted molar refractivity (Wildman–Crippen MR) is 217 cm³/mol. The number of benzene rings is 1. The van der Waals surface area contributed by atoms with Gasteiger partial charge in [0.05, 0.1) is 30.0 Å². The first-order chi connectivity index (χ1) is 27.4. The van der Waals surface area contributed by atoms with E-state index < -0.39 is 72.0 Å². The number of unbranched alkanes of at least 4 members (excludes halogenated alkanes) is 1. The number of ketones is 1. The highest BCUT2D eigenvalue weighted by molar-refractivity contribution is 5.97. The Bertz CT molecular complexity index is 1710. The van der Waals surface area contributed by atoms with Crippen molar-refractivity contribution in [1.82, 2.24) is 30.1 Å². The number of nitrogens with one attached hydrogen (secondary N) is 1. The largest absolute Gasteiger partial charge is 0.458 e. The molecule has 3 saturated heterocycles. The lowest BCUT2D eigenvalue weighted by Gasteiger charge is -2.46. The van der Waals surface area contributed by atoms with Gasteiger partial charge in [0, 0.05) is 49.5 Å². The number of aromatic nitrogens is 3. The van der Waals surface area contributed by atoms with E-state index in [1.807, 2.05) is 84.1 Å². The SMILES string of the molecule is CC[C@H]1OC(=O)CC(=O)[C@H](C)[C@@H](O[C@@H]2OC(C)CC(N(C)C)C2O)[C@](C)(OC)C[C@@H](C)CN[C@H](C)[C@H]2N(CCCCn3cc(-c4cccc(N)c4)nn3)C(=O)O[C@]12C. The number of ether oxygens (including phenoxy) is 5. The van der Waals surface area contributed by atoms with Crippen LogP contribution in [-0.4, -0.2) is 142 Å². The molecule has 1 amide bonds. The number of likely N-dealkylation sites (N-methyl/N-ethyl adjacent to an activating group) is 1. The van der Waals surface area contributed by atoms with Crippen molar-refractivity contribution in [3.63, 3.8) is 0 Å². The number of anilines is 1. The monoisotopic (exact) mass is 814 g/mol. The summed E-state index contributed by atoms with van der Waals surface area (Å²) in [7, 11) is 5.38. The number of fused-ring (bicyclic) bond motifs is 1. The zero-order chi connectivity index (χ0) is 42.5. The second-order valence-electron chi connectivity index (χ2n) is 17.4. The molecule has 12 atom stereocenters. The van der Waals surface area contributed by atoms with Crippen LogP contribution < -0.4 is 11.1 Å². The first-order valence-corrected chi connectivity index (χ1v) is 20.8. The molecular weight excluding hydrogens is 747 g/mol. The smallest absolute Gasteiger partial charge is 0.410 e. The fraction of sp³-hybridized carbons (Fsp3) is 0.738. The lowest BCUT2D eigenvalue weighted by molar-refractivity contribution is -0.295. The van der Waals surface area contributed by atoms with E-state index in [-0.39, 0.29) is 24.1 Å². The van der Waals surface area contributed by atoms with E-state index in [0.29, 0.717) is 51.0 Å². The third-order valence-corrected chi connectivity index (χ3v) is 12.4. The standard InChI is InChI=1S/C42H67N7O9/c1-11-34-42(7)37(49(40(53)58-42)18-13-12-17-48-24-31(45-46-48)29-15-14-16-30(43)20-29)28(5)44-23-25(2)22-41(6,54-10)38(27(4)33(50)21-35(51)56-34)57-39-36(52)32(47(8)9)19-26(3)55-39/h14-16,20,24-28,32,34,36-39,44,52H,11-13,17-19,21-23,43H2,1-10H3/t25-,26?,27+,28-,32?,34-,36?,37-,38-,39+,41-,42-/m1/s1. The minimum atomic E-state index is -1.22. The number of amides is 1. The maximum absolute atomic E-state index is 14.0. The zero-order valence-electron chi connectivity index (χ0n) is 36.1. The van der Waals surface area contributed by atoms with Crippen molar-refractivity contribution in [2.75, 3.05) is 40.0 Å². The van der Waals surface area contributed by atoms with Gasteiger partial charge in [-0.25, -0.2) is 4.79 Å². The molecule has 0 aliphatic carbocycles. The number of nitrogen functional groups attached to an aromatic ring is 1. The number of rotatable bonds is 11. The van der Waals surface area contributed by atoms with Crippen LogP contribution in [0.4, 0.5) is 10.5 Å². The highest BCUT2D eigenvalue weighted by Crippen LogP contribution is 2.40. The Morgan fingerprint density at radius 2 is 1.83 bits per heavy atom. The van der Waals surface area contributed by atoms with Crippen LogP contribution in [0.1, 0.15) is 87.0 Å². The van der Waals surface area contributed by atoms with E-state index in [9.17, 15) is 19.5 Å². The number of hydrogen-bond donors (Lipinski definition) is 3. The predicted octanol–water partition coefficient (Wildman–Crippen LogP) is 4.04. The van der Waals surface area contributed by atoms with Crippen LogP contribution in [0, 0.1) is 11.8 Å². The molecule has 16 nitrogen and oxygen atoms in total. The van der Waals surface area contributed by atoms with Crippen LogP contribution in [0.5, 0.6) is 0 Å². The Hall–Kier alpha value is -3.67. The average molecular weight is 814 g/mol. The number of cyclic esters (lactones) is 1. The number of aliphatic hydroxyl groups is 1. The molecule has 0 spiro atoms. The van der Waals surface area contributed by atoms with Crippen molar-refractivity contribution in [2.45, 2.75) is 154 Å². The quantitative estimate of drug-likeness (QED) is 0.127. The summed E-state index contributed by atoms with van der Waals surface area (Å²) in [5, 5.41) is 23.7. The van der Waals surface area contributed by atoms with Crippen molar-refractivity contribution in [2.24, 2.45) is 11.8 Å². The van der Waals surface area contributed by atoms with Gasteiger partial charge in [-0.15, -0.1) is 5.10 Å². The first kappa shape index (κ1) is 45.4. The summed E-state index contributed by atoms with van der Waals surface area (Å²) in [6.07, 6.45) is -0.252. The van der Waals surface area contributed by atoms with Crippen LogP contribution in [0.3, 0.4) is 0 Å². The van der Waals surface area contributed by atoms with Crippen molar-refractivity contribution >= 4 is 23.5 Å². The number of nitrogens with zero attached hydrogens (tertiary/aromatic N) is 5. The molecule has 3 aliphatic rings. The number of aliphatic hydroxyl groups excluding tert-OH is 1. The van der Waals surface area contributed by atoms with E-state index >= 15 is 0 Å². The number of hydrogen-bond acceptors (Lipinski definition) is 14. The van der Waals surface area contributed by atoms with E-state index in [2.05, 4.69) is 22.6 Å². The topological polar surface area (TPSA) is 193 Å². The van der Waals surface area contributed by atoms with E-state index in [1.165, 1.54) is 0 Å². The minimum Gasteiger partial charge on any atom is -0.458 e. The molecule has 0 saturated carbocycles. The number of aryl methyl sites for hydroxylation is 1. The van der Waals surface area contributed by atoms with Gasteiger partial charge in [0.2, 0.25) is 0 Å². The van der Waals surface area contributed by atoms with Gasteiger partial charge in [0.1, 0.15) is 30.1 Å². The molecular formula is C42H67N7O9. The van der Waals surface area contributed by atoms with Gasteiger partial charge in [-0.05, 0) is 98.5 Å². The number of methoxy groups -OCH3 is 1. The highest BCUT2D eigenvalue weighted by atomic mass is 16.7. The van der Waals surface area contributed by atoms with Gasteiger partial charge in [-0.3, -0.25) is 19.2 Å².